The van der Waals surface area contributed by atoms with Crippen molar-refractivity contribution < 1.29 is 14.6 Å². The predicted molar refractivity (Wildman–Crippen MR) is 92.1 cm³/mol. The average molecular weight is 331 g/mol. The molecule has 1 aromatic heterocycles. The van der Waals surface area contributed by atoms with Gasteiger partial charge in [-0.25, -0.2) is 0 Å². The largest absolute Gasteiger partial charge is 0.491 e. The molecule has 24 heavy (non-hydrogen) atoms. The minimum atomic E-state index is -0.805. The van der Waals surface area contributed by atoms with Crippen LogP contribution in [0.3, 0.4) is 0 Å². The lowest BCUT2D eigenvalue weighted by Crippen LogP contribution is -2.30. The zero-order valence-corrected chi connectivity index (χ0v) is 14.6. The van der Waals surface area contributed by atoms with E-state index in [1.165, 1.54) is 0 Å². The Kier molecular flexibility index (Phi) is 5.98. The molecule has 1 aromatic carbocycles. The second-order valence-electron chi connectivity index (χ2n) is 6.22. The van der Waals surface area contributed by atoms with E-state index in [0.29, 0.717) is 17.0 Å². The van der Waals surface area contributed by atoms with Crippen LogP contribution in [0.5, 0.6) is 5.75 Å². The lowest BCUT2D eigenvalue weighted by atomic mass is 10.1. The monoisotopic (exact) mass is 331 g/mol. The smallest absolute Gasteiger partial charge is 0.269 e. The maximum atomic E-state index is 12.3. The molecule has 0 fully saturated rings. The van der Waals surface area contributed by atoms with Crippen LogP contribution >= 0.6 is 0 Å². The Morgan fingerprint density at radius 3 is 2.71 bits per heavy atom. The highest BCUT2D eigenvalue weighted by atomic mass is 16.5. The van der Waals surface area contributed by atoms with Gasteiger partial charge in [0.2, 0.25) is 0 Å². The van der Waals surface area contributed by atoms with Crippen molar-refractivity contribution in [2.24, 2.45) is 0 Å². The number of hydrogen-bond donors (Lipinski definition) is 2. The summed E-state index contributed by atoms with van der Waals surface area (Å²) >= 11 is 0. The molecule has 2 N–H and O–H groups in total. The van der Waals surface area contributed by atoms with Crippen molar-refractivity contribution in [3.8, 4) is 5.75 Å². The number of aliphatic hydroxyl groups is 1. The molecule has 6 heteroatoms. The van der Waals surface area contributed by atoms with Crippen LogP contribution in [0.1, 0.15) is 55.9 Å². The molecule has 1 heterocycles. The molecule has 0 spiro atoms. The maximum Gasteiger partial charge on any atom is 0.269 e. The molecule has 1 unspecified atom stereocenters. The van der Waals surface area contributed by atoms with Gasteiger partial charge in [0, 0.05) is 18.8 Å². The summed E-state index contributed by atoms with van der Waals surface area (Å²) in [7, 11) is 0. The van der Waals surface area contributed by atoms with E-state index in [2.05, 4.69) is 10.4 Å². The summed E-state index contributed by atoms with van der Waals surface area (Å²) in [5.41, 5.74) is 1.18. The van der Waals surface area contributed by atoms with E-state index in [0.717, 1.165) is 0 Å². The van der Waals surface area contributed by atoms with Gasteiger partial charge < -0.3 is 15.2 Å². The predicted octanol–water partition coefficient (Wildman–Crippen LogP) is 2.71. The Balaban J connectivity index is 1.98. The summed E-state index contributed by atoms with van der Waals surface area (Å²) in [6.45, 7) is 7.92. The first-order valence-electron chi connectivity index (χ1n) is 8.15. The van der Waals surface area contributed by atoms with Gasteiger partial charge in [-0.15, -0.1) is 0 Å². The van der Waals surface area contributed by atoms with Gasteiger partial charge >= 0.3 is 0 Å². The highest BCUT2D eigenvalue weighted by Gasteiger charge is 2.16. The second-order valence-corrected chi connectivity index (χ2v) is 6.22. The van der Waals surface area contributed by atoms with Gasteiger partial charge in [0.25, 0.3) is 5.91 Å². The summed E-state index contributed by atoms with van der Waals surface area (Å²) in [4.78, 5) is 12.3. The van der Waals surface area contributed by atoms with Crippen molar-refractivity contribution in [3.05, 3.63) is 47.8 Å². The number of rotatable bonds is 7. The zero-order chi connectivity index (χ0) is 17.7. The third-order valence-electron chi connectivity index (χ3n) is 3.46. The Morgan fingerprint density at radius 2 is 2.04 bits per heavy atom. The van der Waals surface area contributed by atoms with Crippen LogP contribution in [-0.2, 0) is 0 Å². The Bertz CT molecular complexity index is 680. The summed E-state index contributed by atoms with van der Waals surface area (Å²) in [5, 5.41) is 17.2. The van der Waals surface area contributed by atoms with Gasteiger partial charge in [-0.1, -0.05) is 12.1 Å². The molecule has 130 valence electrons. The van der Waals surface area contributed by atoms with Gasteiger partial charge in [-0.05, 0) is 51.5 Å². The summed E-state index contributed by atoms with van der Waals surface area (Å²) < 4.78 is 7.27. The third kappa shape index (κ3) is 4.58. The number of nitrogens with zero attached hydrogens (tertiary/aromatic N) is 2. The number of nitrogens with one attached hydrogen (secondary N) is 1. The van der Waals surface area contributed by atoms with Crippen molar-refractivity contribution >= 4 is 5.91 Å². The number of carbonyl (C=O) groups is 1. The molecule has 0 aliphatic heterocycles. The SMILES string of the molecule is CC(C)Oc1cccc(C(O)CNC(=O)c2ccnn2C(C)C)c1. The van der Waals surface area contributed by atoms with Crippen LogP contribution in [-0.4, -0.2) is 33.4 Å². The minimum absolute atomic E-state index is 0.0633. The highest BCUT2D eigenvalue weighted by molar-refractivity contribution is 5.92. The topological polar surface area (TPSA) is 76.4 Å². The minimum Gasteiger partial charge on any atom is -0.491 e. The first-order valence-corrected chi connectivity index (χ1v) is 8.15. The highest BCUT2D eigenvalue weighted by Crippen LogP contribution is 2.20. The van der Waals surface area contributed by atoms with Crippen LogP contribution < -0.4 is 10.1 Å². The number of carbonyl (C=O) groups excluding carboxylic acids is 1. The Morgan fingerprint density at radius 1 is 1.29 bits per heavy atom. The fraction of sp³-hybridized carbons (Fsp3) is 0.444. The average Bonchev–Trinajstić information content (AvgIpc) is 3.01. The molecule has 0 aliphatic rings. The zero-order valence-electron chi connectivity index (χ0n) is 14.6. The Hall–Kier alpha value is -2.34. The molecular weight excluding hydrogens is 306 g/mol. The van der Waals surface area contributed by atoms with E-state index in [4.69, 9.17) is 4.74 Å². The van der Waals surface area contributed by atoms with Crippen molar-refractivity contribution in [1.29, 1.82) is 0 Å². The van der Waals surface area contributed by atoms with Crippen LogP contribution in [0.2, 0.25) is 0 Å². The van der Waals surface area contributed by atoms with Crippen molar-refractivity contribution in [2.45, 2.75) is 45.9 Å². The number of ether oxygens (including phenoxy) is 1. The summed E-state index contributed by atoms with van der Waals surface area (Å²) in [6, 6.07) is 9.02. The number of aliphatic hydroxyl groups excluding tert-OH is 1. The standard InChI is InChI=1S/C18H25N3O3/c1-12(2)21-16(8-9-20-21)18(23)19-11-17(22)14-6-5-7-15(10-14)24-13(3)4/h5-10,12-13,17,22H,11H2,1-4H3,(H,19,23). The van der Waals surface area contributed by atoms with Gasteiger partial charge in [-0.3, -0.25) is 9.48 Å². The van der Waals surface area contributed by atoms with Crippen LogP contribution in [0.25, 0.3) is 0 Å². The van der Waals surface area contributed by atoms with Gasteiger partial charge in [0.1, 0.15) is 11.4 Å². The van der Waals surface area contributed by atoms with Crippen molar-refractivity contribution in [3.63, 3.8) is 0 Å². The number of hydrogen-bond acceptors (Lipinski definition) is 4. The molecule has 0 bridgehead atoms. The van der Waals surface area contributed by atoms with Gasteiger partial charge in [-0.2, -0.15) is 5.10 Å². The molecule has 0 radical (unpaired) electrons. The van der Waals surface area contributed by atoms with Gasteiger partial charge in [0.15, 0.2) is 0 Å². The molecule has 0 saturated heterocycles. The van der Waals surface area contributed by atoms with Crippen LogP contribution in [0.4, 0.5) is 0 Å². The quantitative estimate of drug-likeness (QED) is 0.818. The first kappa shape index (κ1) is 18.0. The van der Waals surface area contributed by atoms with Crippen LogP contribution in [0.15, 0.2) is 36.5 Å². The second kappa shape index (κ2) is 7.97. The van der Waals surface area contributed by atoms with Crippen molar-refractivity contribution in [1.82, 2.24) is 15.1 Å². The van der Waals surface area contributed by atoms with E-state index in [-0.39, 0.29) is 24.6 Å². The fourth-order valence-electron chi connectivity index (χ4n) is 2.37. The molecule has 0 aliphatic carbocycles. The Labute approximate surface area is 142 Å². The molecule has 6 nitrogen and oxygen atoms in total. The van der Waals surface area contributed by atoms with E-state index in [1.54, 1.807) is 23.0 Å². The number of amides is 1. The summed E-state index contributed by atoms with van der Waals surface area (Å²) in [5.74, 6) is 0.445. The van der Waals surface area contributed by atoms with Crippen LogP contribution in [0, 0.1) is 0 Å². The van der Waals surface area contributed by atoms with Gasteiger partial charge in [0.05, 0.1) is 12.2 Å². The number of benzene rings is 1. The normalized spacial score (nSPS) is 12.5. The lowest BCUT2D eigenvalue weighted by molar-refractivity contribution is 0.0903. The fourth-order valence-corrected chi connectivity index (χ4v) is 2.37. The third-order valence-corrected chi connectivity index (χ3v) is 3.46. The molecule has 1 amide bonds. The molecule has 2 aromatic rings. The lowest BCUT2D eigenvalue weighted by Gasteiger charge is -2.16. The van der Waals surface area contributed by atoms with E-state index < -0.39 is 6.10 Å². The number of aromatic nitrogens is 2. The molecule has 2 rings (SSSR count). The maximum absolute atomic E-state index is 12.3. The molecule has 0 saturated carbocycles. The van der Waals surface area contributed by atoms with E-state index >= 15 is 0 Å². The molecule has 1 atom stereocenters. The summed E-state index contributed by atoms with van der Waals surface area (Å²) in [6.07, 6.45) is 0.853. The van der Waals surface area contributed by atoms with E-state index in [9.17, 15) is 9.90 Å². The first-order chi connectivity index (χ1) is 11.4. The van der Waals surface area contributed by atoms with E-state index in [1.807, 2.05) is 45.9 Å². The molecular formula is C18H25N3O3. The van der Waals surface area contributed by atoms with Crippen molar-refractivity contribution in [2.75, 3.05) is 6.54 Å².